The maximum Gasteiger partial charge on any atom is 0.193 e. The Morgan fingerprint density at radius 1 is 0.960 bits per heavy atom. The van der Waals surface area contributed by atoms with E-state index in [1.54, 1.807) is 0 Å². The summed E-state index contributed by atoms with van der Waals surface area (Å²) < 4.78 is 11.4. The van der Waals surface area contributed by atoms with Crippen molar-refractivity contribution in [2.24, 2.45) is 10.7 Å². The Labute approximate surface area is 149 Å². The lowest BCUT2D eigenvalue weighted by Crippen LogP contribution is -2.25. The third kappa shape index (κ3) is 6.75. The van der Waals surface area contributed by atoms with Crippen molar-refractivity contribution in [1.29, 1.82) is 0 Å². The molecule has 0 amide bonds. The minimum atomic E-state index is -0.0649. The minimum absolute atomic E-state index is 0.0649. The van der Waals surface area contributed by atoms with Crippen LogP contribution in [0.5, 0.6) is 11.5 Å². The van der Waals surface area contributed by atoms with E-state index in [1.165, 1.54) is 5.56 Å². The van der Waals surface area contributed by atoms with Gasteiger partial charge in [0.05, 0.1) is 12.6 Å². The summed E-state index contributed by atoms with van der Waals surface area (Å²) in [5.74, 6) is 2.02. The van der Waals surface area contributed by atoms with E-state index in [1.807, 2.05) is 76.2 Å². The van der Waals surface area contributed by atoms with Crippen molar-refractivity contribution in [1.82, 2.24) is 0 Å². The number of nitrogens with one attached hydrogen (secondary N) is 1. The quantitative estimate of drug-likeness (QED) is 0.590. The number of benzene rings is 2. The van der Waals surface area contributed by atoms with Gasteiger partial charge < -0.3 is 20.5 Å². The molecule has 1 atom stereocenters. The van der Waals surface area contributed by atoms with Gasteiger partial charge in [-0.3, -0.25) is 0 Å². The first kappa shape index (κ1) is 18.6. The van der Waals surface area contributed by atoms with E-state index >= 15 is 0 Å². The SMILES string of the molecule is Cc1ccc(OC(C)CN=C(N)Nc2ccc(OC(C)C)cc2)cc1. The van der Waals surface area contributed by atoms with Crippen molar-refractivity contribution in [3.05, 3.63) is 54.1 Å². The van der Waals surface area contributed by atoms with E-state index < -0.39 is 0 Å². The summed E-state index contributed by atoms with van der Waals surface area (Å²) in [6.07, 6.45) is 0.0883. The summed E-state index contributed by atoms with van der Waals surface area (Å²) in [4.78, 5) is 4.33. The monoisotopic (exact) mass is 341 g/mol. The lowest BCUT2D eigenvalue weighted by Gasteiger charge is -2.14. The molecule has 2 rings (SSSR count). The number of guanidine groups is 1. The van der Waals surface area contributed by atoms with Crippen LogP contribution in [0.4, 0.5) is 5.69 Å². The number of nitrogens with zero attached hydrogens (tertiary/aromatic N) is 1. The third-order valence-corrected chi connectivity index (χ3v) is 3.38. The van der Waals surface area contributed by atoms with E-state index in [0.29, 0.717) is 12.5 Å². The molecule has 3 N–H and O–H groups in total. The topological polar surface area (TPSA) is 68.9 Å². The Balaban J connectivity index is 1.83. The highest BCUT2D eigenvalue weighted by molar-refractivity contribution is 5.92. The molecular weight excluding hydrogens is 314 g/mol. The van der Waals surface area contributed by atoms with E-state index in [4.69, 9.17) is 15.2 Å². The molecule has 0 spiro atoms. The molecule has 0 aliphatic heterocycles. The summed E-state index contributed by atoms with van der Waals surface area (Å²) in [5.41, 5.74) is 8.01. The second-order valence-electron chi connectivity index (χ2n) is 6.28. The van der Waals surface area contributed by atoms with Crippen molar-refractivity contribution in [3.8, 4) is 11.5 Å². The van der Waals surface area contributed by atoms with Crippen molar-refractivity contribution in [2.75, 3.05) is 11.9 Å². The first-order valence-corrected chi connectivity index (χ1v) is 8.49. The Bertz CT molecular complexity index is 679. The molecule has 5 heteroatoms. The van der Waals surface area contributed by atoms with Crippen molar-refractivity contribution in [2.45, 2.75) is 39.9 Å². The summed E-state index contributed by atoms with van der Waals surface area (Å²) in [7, 11) is 0. The fraction of sp³-hybridized carbons (Fsp3) is 0.350. The van der Waals surface area contributed by atoms with Crippen molar-refractivity contribution >= 4 is 11.6 Å². The van der Waals surface area contributed by atoms with E-state index in [-0.39, 0.29) is 12.2 Å². The predicted octanol–water partition coefficient (Wildman–Crippen LogP) is 3.98. The van der Waals surface area contributed by atoms with Crippen LogP contribution in [0, 0.1) is 6.92 Å². The number of rotatable bonds is 7. The molecule has 134 valence electrons. The molecule has 25 heavy (non-hydrogen) atoms. The molecule has 0 fully saturated rings. The summed E-state index contributed by atoms with van der Waals surface area (Å²) in [6, 6.07) is 15.6. The van der Waals surface area contributed by atoms with Crippen LogP contribution in [0.2, 0.25) is 0 Å². The van der Waals surface area contributed by atoms with Crippen molar-refractivity contribution in [3.63, 3.8) is 0 Å². The summed E-state index contributed by atoms with van der Waals surface area (Å²) >= 11 is 0. The summed E-state index contributed by atoms with van der Waals surface area (Å²) in [5, 5.41) is 3.07. The molecule has 0 aliphatic rings. The Morgan fingerprint density at radius 2 is 1.52 bits per heavy atom. The van der Waals surface area contributed by atoms with Crippen LogP contribution in [0.1, 0.15) is 26.3 Å². The molecule has 0 aliphatic carbocycles. The van der Waals surface area contributed by atoms with Crippen LogP contribution in [-0.4, -0.2) is 24.7 Å². The number of aryl methyl sites for hydroxylation is 1. The number of ether oxygens (including phenoxy) is 2. The van der Waals surface area contributed by atoms with E-state index in [9.17, 15) is 0 Å². The van der Waals surface area contributed by atoms with Gasteiger partial charge in [-0.2, -0.15) is 0 Å². The Hall–Kier alpha value is -2.69. The second kappa shape index (κ2) is 8.97. The molecular formula is C20H27N3O2. The Kier molecular flexibility index (Phi) is 6.69. The van der Waals surface area contributed by atoms with Gasteiger partial charge in [-0.1, -0.05) is 17.7 Å². The number of anilines is 1. The number of hydrogen-bond acceptors (Lipinski definition) is 3. The fourth-order valence-electron chi connectivity index (χ4n) is 2.19. The van der Waals surface area contributed by atoms with Crippen LogP contribution in [0.25, 0.3) is 0 Å². The Morgan fingerprint density at radius 3 is 2.12 bits per heavy atom. The van der Waals surface area contributed by atoms with Gasteiger partial charge in [0.1, 0.15) is 17.6 Å². The van der Waals surface area contributed by atoms with Crippen LogP contribution < -0.4 is 20.5 Å². The molecule has 0 bridgehead atoms. The van der Waals surface area contributed by atoms with E-state index in [0.717, 1.165) is 17.2 Å². The first-order chi connectivity index (χ1) is 11.9. The van der Waals surface area contributed by atoms with Gasteiger partial charge in [0, 0.05) is 5.69 Å². The number of hydrogen-bond donors (Lipinski definition) is 2. The highest BCUT2D eigenvalue weighted by atomic mass is 16.5. The lowest BCUT2D eigenvalue weighted by atomic mass is 10.2. The smallest absolute Gasteiger partial charge is 0.193 e. The van der Waals surface area contributed by atoms with Crippen LogP contribution >= 0.6 is 0 Å². The minimum Gasteiger partial charge on any atom is -0.491 e. The highest BCUT2D eigenvalue weighted by Crippen LogP contribution is 2.17. The third-order valence-electron chi connectivity index (χ3n) is 3.38. The maximum atomic E-state index is 5.94. The largest absolute Gasteiger partial charge is 0.491 e. The van der Waals surface area contributed by atoms with Crippen LogP contribution in [0.15, 0.2) is 53.5 Å². The standard InChI is InChI=1S/C20H27N3O2/c1-14(2)24-18-11-7-17(8-12-18)23-20(21)22-13-16(4)25-19-9-5-15(3)6-10-19/h5-12,14,16H,13H2,1-4H3,(H3,21,22,23). The molecule has 2 aromatic rings. The van der Waals surface area contributed by atoms with Crippen molar-refractivity contribution < 1.29 is 9.47 Å². The molecule has 5 nitrogen and oxygen atoms in total. The average Bonchev–Trinajstić information content (AvgIpc) is 2.56. The van der Waals surface area contributed by atoms with Gasteiger partial charge in [0.2, 0.25) is 0 Å². The zero-order valence-electron chi connectivity index (χ0n) is 15.3. The number of nitrogens with two attached hydrogens (primary N) is 1. The zero-order valence-corrected chi connectivity index (χ0v) is 15.3. The lowest BCUT2D eigenvalue weighted by molar-refractivity contribution is 0.230. The number of aliphatic imine (C=N–C) groups is 1. The van der Waals surface area contributed by atoms with Gasteiger partial charge in [-0.25, -0.2) is 4.99 Å². The molecule has 0 heterocycles. The molecule has 0 saturated heterocycles. The highest BCUT2D eigenvalue weighted by Gasteiger charge is 2.04. The summed E-state index contributed by atoms with van der Waals surface area (Å²) in [6.45, 7) is 8.48. The molecule has 0 saturated carbocycles. The zero-order chi connectivity index (χ0) is 18.2. The normalized spacial score (nSPS) is 12.8. The predicted molar refractivity (Wildman–Crippen MR) is 104 cm³/mol. The first-order valence-electron chi connectivity index (χ1n) is 8.49. The maximum absolute atomic E-state index is 5.94. The molecule has 0 radical (unpaired) electrons. The van der Waals surface area contributed by atoms with Gasteiger partial charge >= 0.3 is 0 Å². The average molecular weight is 341 g/mol. The molecule has 0 aromatic heterocycles. The van der Waals surface area contributed by atoms with Gasteiger partial charge in [0.15, 0.2) is 5.96 Å². The second-order valence-corrected chi connectivity index (χ2v) is 6.28. The molecule has 2 aromatic carbocycles. The van der Waals surface area contributed by atoms with Crippen LogP contribution in [0.3, 0.4) is 0 Å². The fourth-order valence-corrected chi connectivity index (χ4v) is 2.19. The van der Waals surface area contributed by atoms with Gasteiger partial charge in [0.25, 0.3) is 0 Å². The van der Waals surface area contributed by atoms with E-state index in [2.05, 4.69) is 10.3 Å². The van der Waals surface area contributed by atoms with Gasteiger partial charge in [-0.15, -0.1) is 0 Å². The van der Waals surface area contributed by atoms with Crippen LogP contribution in [-0.2, 0) is 0 Å². The molecule has 1 unspecified atom stereocenters. The van der Waals surface area contributed by atoms with Gasteiger partial charge in [-0.05, 0) is 64.1 Å².